The number of benzene rings is 2. The van der Waals surface area contributed by atoms with Crippen molar-refractivity contribution >= 4 is 45.4 Å². The Kier molecular flexibility index (Phi) is 7.99. The highest BCUT2D eigenvalue weighted by molar-refractivity contribution is 7.17. The van der Waals surface area contributed by atoms with Crippen LogP contribution in [0.4, 0.5) is 21.0 Å². The number of ether oxygens (including phenoxy) is 2. The minimum atomic E-state index is -1.15. The van der Waals surface area contributed by atoms with E-state index in [2.05, 4.69) is 11.6 Å². The summed E-state index contributed by atoms with van der Waals surface area (Å²) in [5.41, 5.74) is 12.6. The molecule has 3 aromatic rings. The number of primary amides is 1. The summed E-state index contributed by atoms with van der Waals surface area (Å²) in [6.07, 6.45) is 0. The molecule has 0 aliphatic rings. The average Bonchev–Trinajstić information content (AvgIpc) is 3.21. The van der Waals surface area contributed by atoms with Crippen LogP contribution in [-0.4, -0.2) is 35.1 Å². The number of nitrogens with zero attached hydrogens (tertiary/aromatic N) is 2. The number of amides is 1. The van der Waals surface area contributed by atoms with Crippen molar-refractivity contribution in [1.29, 1.82) is 0 Å². The zero-order valence-electron chi connectivity index (χ0n) is 20.6. The molecule has 0 spiro atoms. The highest BCUT2D eigenvalue weighted by atomic mass is 32.1. The van der Waals surface area contributed by atoms with E-state index in [1.807, 2.05) is 0 Å². The number of carbonyl (C=O) groups is 2. The molecule has 2 aromatic carbocycles. The molecular weight excluding hydrogens is 483 g/mol. The fraction of sp³-hybridized carbons (Fsp3) is 0.269. The summed E-state index contributed by atoms with van der Waals surface area (Å²) in [5.74, 6) is -0.724. The van der Waals surface area contributed by atoms with Gasteiger partial charge >= 0.3 is 5.97 Å². The average molecular weight is 513 g/mol. The SMILES string of the molecule is C=C(c1ccc(OC(C)(C)C(=O)OCC)cc1)c1sc(N(c2ccc(F)cc2)C(C)C(N)=O)nc1N. The molecule has 1 atom stereocenters. The van der Waals surface area contributed by atoms with Gasteiger partial charge in [0.25, 0.3) is 0 Å². The van der Waals surface area contributed by atoms with Gasteiger partial charge in [0.2, 0.25) is 5.91 Å². The van der Waals surface area contributed by atoms with E-state index >= 15 is 0 Å². The molecule has 1 unspecified atom stereocenters. The maximum atomic E-state index is 13.5. The van der Waals surface area contributed by atoms with E-state index < -0.39 is 29.3 Å². The van der Waals surface area contributed by atoms with Gasteiger partial charge in [-0.2, -0.15) is 0 Å². The Hall–Kier alpha value is -3.92. The minimum absolute atomic E-state index is 0.229. The second-order valence-corrected chi connectivity index (χ2v) is 9.45. The van der Waals surface area contributed by atoms with Crippen LogP contribution >= 0.6 is 11.3 Å². The van der Waals surface area contributed by atoms with E-state index in [0.717, 1.165) is 5.56 Å². The van der Waals surface area contributed by atoms with Crippen molar-refractivity contribution in [2.24, 2.45) is 5.73 Å². The predicted molar refractivity (Wildman–Crippen MR) is 140 cm³/mol. The van der Waals surface area contributed by atoms with Crippen LogP contribution in [0, 0.1) is 5.82 Å². The molecule has 0 fully saturated rings. The molecule has 0 saturated heterocycles. The Labute approximate surface area is 213 Å². The zero-order valence-corrected chi connectivity index (χ0v) is 21.4. The van der Waals surface area contributed by atoms with Crippen LogP contribution in [0.25, 0.3) is 5.57 Å². The summed E-state index contributed by atoms with van der Waals surface area (Å²) < 4.78 is 24.3. The third-order valence-corrected chi connectivity index (χ3v) is 6.50. The monoisotopic (exact) mass is 512 g/mol. The first-order valence-electron chi connectivity index (χ1n) is 11.2. The van der Waals surface area contributed by atoms with Crippen molar-refractivity contribution in [1.82, 2.24) is 4.98 Å². The fourth-order valence-electron chi connectivity index (χ4n) is 3.36. The Bertz CT molecular complexity index is 1260. The Morgan fingerprint density at radius 1 is 1.17 bits per heavy atom. The van der Waals surface area contributed by atoms with E-state index in [0.29, 0.717) is 27.0 Å². The Morgan fingerprint density at radius 3 is 2.33 bits per heavy atom. The minimum Gasteiger partial charge on any atom is -0.476 e. The Morgan fingerprint density at radius 2 is 1.78 bits per heavy atom. The molecular formula is C26H29FN4O4S. The maximum absolute atomic E-state index is 13.5. The van der Waals surface area contributed by atoms with Crippen LogP contribution in [0.15, 0.2) is 55.1 Å². The number of nitrogen functional groups attached to an aromatic ring is 1. The number of esters is 1. The first-order chi connectivity index (χ1) is 16.9. The molecule has 36 heavy (non-hydrogen) atoms. The van der Waals surface area contributed by atoms with Gasteiger partial charge in [-0.1, -0.05) is 30.0 Å². The molecule has 0 bridgehead atoms. The fourth-order valence-corrected chi connectivity index (χ4v) is 4.44. The third-order valence-electron chi connectivity index (χ3n) is 5.37. The van der Waals surface area contributed by atoms with E-state index in [1.54, 1.807) is 56.9 Å². The van der Waals surface area contributed by atoms with Gasteiger partial charge in [0, 0.05) is 5.69 Å². The molecule has 10 heteroatoms. The molecule has 0 saturated carbocycles. The quantitative estimate of drug-likeness (QED) is 0.379. The smallest absolute Gasteiger partial charge is 0.349 e. The largest absolute Gasteiger partial charge is 0.476 e. The van der Waals surface area contributed by atoms with E-state index in [9.17, 15) is 14.0 Å². The first kappa shape index (κ1) is 26.7. The number of hydrogen-bond donors (Lipinski definition) is 2. The Balaban J connectivity index is 1.87. The van der Waals surface area contributed by atoms with E-state index in [-0.39, 0.29) is 12.4 Å². The van der Waals surface area contributed by atoms with Crippen LogP contribution in [0.1, 0.15) is 38.1 Å². The van der Waals surface area contributed by atoms with Gasteiger partial charge in [-0.3, -0.25) is 4.79 Å². The third kappa shape index (κ3) is 5.83. The summed E-state index contributed by atoms with van der Waals surface area (Å²) in [6.45, 7) is 11.1. The van der Waals surface area contributed by atoms with Crippen molar-refractivity contribution < 1.29 is 23.5 Å². The van der Waals surface area contributed by atoms with Gasteiger partial charge in [0.15, 0.2) is 10.7 Å². The molecule has 0 radical (unpaired) electrons. The summed E-state index contributed by atoms with van der Waals surface area (Å²) in [7, 11) is 0. The standard InChI is InChI=1S/C26H29FN4O4S/c1-6-34-24(33)26(4,5)35-20-13-7-17(8-14-20)15(2)21-22(28)30-25(36-21)31(16(3)23(29)32)19-11-9-18(27)10-12-19/h7-14,16H,2,6,28H2,1,3-5H3,(H2,29,32). The molecule has 3 rings (SSSR count). The van der Waals surface area contributed by atoms with Gasteiger partial charge in [-0.05, 0) is 75.2 Å². The van der Waals surface area contributed by atoms with Crippen molar-refractivity contribution in [2.75, 3.05) is 17.2 Å². The molecule has 1 aromatic heterocycles. The number of thiazole rings is 1. The van der Waals surface area contributed by atoms with Crippen LogP contribution in [-0.2, 0) is 14.3 Å². The topological polar surface area (TPSA) is 121 Å². The highest BCUT2D eigenvalue weighted by Gasteiger charge is 2.31. The van der Waals surface area contributed by atoms with Gasteiger partial charge in [0.05, 0.1) is 11.5 Å². The highest BCUT2D eigenvalue weighted by Crippen LogP contribution is 2.39. The van der Waals surface area contributed by atoms with E-state index in [1.165, 1.54) is 35.6 Å². The number of aromatic nitrogens is 1. The van der Waals surface area contributed by atoms with Crippen LogP contribution in [0.5, 0.6) is 5.75 Å². The number of carbonyl (C=O) groups excluding carboxylic acids is 2. The van der Waals surface area contributed by atoms with Crippen molar-refractivity contribution in [3.8, 4) is 5.75 Å². The summed E-state index contributed by atoms with van der Waals surface area (Å²) in [4.78, 5) is 30.8. The number of halogens is 1. The van der Waals surface area contributed by atoms with Gasteiger partial charge in [-0.25, -0.2) is 14.2 Å². The normalized spacial score (nSPS) is 12.0. The van der Waals surface area contributed by atoms with Crippen molar-refractivity contribution in [2.45, 2.75) is 39.3 Å². The van der Waals surface area contributed by atoms with Gasteiger partial charge in [-0.15, -0.1) is 0 Å². The van der Waals surface area contributed by atoms with Crippen molar-refractivity contribution in [3.63, 3.8) is 0 Å². The van der Waals surface area contributed by atoms with Crippen LogP contribution in [0.3, 0.4) is 0 Å². The molecule has 0 aliphatic carbocycles. The number of hydrogen-bond acceptors (Lipinski definition) is 8. The summed E-state index contributed by atoms with van der Waals surface area (Å²) >= 11 is 1.24. The lowest BCUT2D eigenvalue weighted by Crippen LogP contribution is -2.39. The molecule has 190 valence electrons. The lowest BCUT2D eigenvalue weighted by Gasteiger charge is -2.26. The van der Waals surface area contributed by atoms with Gasteiger partial charge in [0.1, 0.15) is 23.4 Å². The number of nitrogens with two attached hydrogens (primary N) is 2. The molecule has 8 nitrogen and oxygen atoms in total. The lowest BCUT2D eigenvalue weighted by molar-refractivity contribution is -0.158. The summed E-state index contributed by atoms with van der Waals surface area (Å²) in [6, 6.07) is 11.9. The molecule has 0 aliphatic heterocycles. The number of anilines is 3. The summed E-state index contributed by atoms with van der Waals surface area (Å²) in [5, 5.41) is 0.415. The molecule has 4 N–H and O–H groups in total. The first-order valence-corrected chi connectivity index (χ1v) is 12.0. The van der Waals surface area contributed by atoms with Crippen LogP contribution in [0.2, 0.25) is 0 Å². The second-order valence-electron chi connectivity index (χ2n) is 8.47. The lowest BCUT2D eigenvalue weighted by atomic mass is 10.1. The van der Waals surface area contributed by atoms with Gasteiger partial charge < -0.3 is 25.8 Å². The molecule has 1 heterocycles. The second kappa shape index (κ2) is 10.8. The van der Waals surface area contributed by atoms with Crippen LogP contribution < -0.4 is 21.1 Å². The van der Waals surface area contributed by atoms with Crippen molar-refractivity contribution in [3.05, 3.63) is 71.4 Å². The predicted octanol–water partition coefficient (Wildman–Crippen LogP) is 4.66. The van der Waals surface area contributed by atoms with E-state index in [4.69, 9.17) is 20.9 Å². The molecule has 1 amide bonds. The maximum Gasteiger partial charge on any atom is 0.349 e. The zero-order chi connectivity index (χ0) is 26.6. The number of rotatable bonds is 10.